The number of amides is 4. The van der Waals surface area contributed by atoms with E-state index >= 15 is 0 Å². The number of nitrogens with zero attached hydrogens (tertiary/aromatic N) is 2. The highest BCUT2D eigenvalue weighted by Gasteiger charge is 2.34. The first-order chi connectivity index (χ1) is 21.9. The van der Waals surface area contributed by atoms with Gasteiger partial charge in [0.25, 0.3) is 0 Å². The molecule has 0 bridgehead atoms. The lowest BCUT2D eigenvalue weighted by molar-refractivity contribution is -0.136. The molecule has 0 saturated carbocycles. The predicted molar refractivity (Wildman–Crippen MR) is 177 cm³/mol. The molecule has 45 heavy (non-hydrogen) atoms. The minimum absolute atomic E-state index is 0.0141. The third-order valence-corrected chi connectivity index (χ3v) is 8.85. The summed E-state index contributed by atoms with van der Waals surface area (Å²) in [7, 11) is 0. The highest BCUT2D eigenvalue weighted by molar-refractivity contribution is 6.00. The van der Waals surface area contributed by atoms with Gasteiger partial charge in [0, 0.05) is 30.9 Å². The number of fused-ring (bicyclic) bond motifs is 1. The monoisotopic (exact) mass is 602 g/mol. The SMILES string of the molecule is CCC(=O)N1CCCC1C(=O)Nc1ccc(-c2ccc3cc(NC(=O)C4CCCN4C(=O)Cc4ccccc4)ccc3c2)cc1. The normalized spacial score (nSPS) is 17.8. The number of likely N-dealkylation sites (tertiary alicyclic amines) is 2. The summed E-state index contributed by atoms with van der Waals surface area (Å²) < 4.78 is 0. The average molecular weight is 603 g/mol. The van der Waals surface area contributed by atoms with Crippen molar-refractivity contribution in [1.82, 2.24) is 9.80 Å². The van der Waals surface area contributed by atoms with Crippen molar-refractivity contribution in [2.24, 2.45) is 0 Å². The molecule has 0 radical (unpaired) electrons. The second kappa shape index (κ2) is 13.3. The summed E-state index contributed by atoms with van der Waals surface area (Å²) in [5, 5.41) is 8.03. The fourth-order valence-corrected chi connectivity index (χ4v) is 6.45. The topological polar surface area (TPSA) is 98.8 Å². The zero-order chi connectivity index (χ0) is 31.3. The summed E-state index contributed by atoms with van der Waals surface area (Å²) in [6, 6.07) is 28.5. The molecule has 0 aliphatic carbocycles. The molecular weight excluding hydrogens is 564 g/mol. The first-order valence-corrected chi connectivity index (χ1v) is 15.8. The number of carbonyl (C=O) groups is 4. The van der Waals surface area contributed by atoms with Gasteiger partial charge in [-0.2, -0.15) is 0 Å². The molecule has 2 heterocycles. The second-order valence-corrected chi connectivity index (χ2v) is 11.8. The van der Waals surface area contributed by atoms with Crippen LogP contribution in [0.1, 0.15) is 44.6 Å². The molecule has 8 heteroatoms. The van der Waals surface area contributed by atoms with Crippen LogP contribution in [0.3, 0.4) is 0 Å². The molecule has 0 aromatic heterocycles. The third kappa shape index (κ3) is 6.75. The van der Waals surface area contributed by atoms with Gasteiger partial charge in [0.1, 0.15) is 12.1 Å². The van der Waals surface area contributed by atoms with Crippen molar-refractivity contribution < 1.29 is 19.2 Å². The standard InChI is InChI=1S/C37H38N4O4/c1-2-34(42)40-20-6-10-32(40)36(44)38-30-17-14-26(15-18-30)27-12-13-29-24-31(19-16-28(29)23-27)39-37(45)33-11-7-21-41(33)35(43)22-25-8-4-3-5-9-25/h3-5,8-9,12-19,23-24,32-33H,2,6-7,10-11,20-22H2,1H3,(H,38,44)(H,39,45). The van der Waals surface area contributed by atoms with Crippen LogP contribution in [0.25, 0.3) is 21.9 Å². The van der Waals surface area contributed by atoms with E-state index in [-0.39, 0.29) is 23.6 Å². The summed E-state index contributed by atoms with van der Waals surface area (Å²) in [5.74, 6) is -0.311. The van der Waals surface area contributed by atoms with E-state index in [1.54, 1.807) is 9.80 Å². The smallest absolute Gasteiger partial charge is 0.247 e. The van der Waals surface area contributed by atoms with Gasteiger partial charge in [-0.05, 0) is 83.5 Å². The van der Waals surface area contributed by atoms with Crippen LogP contribution in [-0.2, 0) is 25.6 Å². The molecule has 2 N–H and O–H groups in total. The molecule has 4 aromatic rings. The summed E-state index contributed by atoms with van der Waals surface area (Å²) in [6.45, 7) is 3.05. The van der Waals surface area contributed by atoms with Crippen molar-refractivity contribution in [2.45, 2.75) is 57.5 Å². The van der Waals surface area contributed by atoms with Gasteiger partial charge in [0.05, 0.1) is 6.42 Å². The van der Waals surface area contributed by atoms with Gasteiger partial charge in [-0.15, -0.1) is 0 Å². The van der Waals surface area contributed by atoms with Crippen LogP contribution >= 0.6 is 0 Å². The van der Waals surface area contributed by atoms with Crippen molar-refractivity contribution >= 4 is 45.8 Å². The van der Waals surface area contributed by atoms with E-state index < -0.39 is 12.1 Å². The Kier molecular flexibility index (Phi) is 8.91. The fraction of sp³-hybridized carbons (Fsp3) is 0.297. The van der Waals surface area contributed by atoms with Crippen LogP contribution < -0.4 is 10.6 Å². The molecule has 4 aromatic carbocycles. The molecule has 2 aliphatic rings. The van der Waals surface area contributed by atoms with Crippen molar-refractivity contribution in [2.75, 3.05) is 23.7 Å². The number of nitrogens with one attached hydrogen (secondary N) is 2. The Bertz CT molecular complexity index is 1720. The average Bonchev–Trinajstić information content (AvgIpc) is 3.76. The van der Waals surface area contributed by atoms with Gasteiger partial charge in [0.2, 0.25) is 23.6 Å². The molecule has 8 nitrogen and oxygen atoms in total. The van der Waals surface area contributed by atoms with Gasteiger partial charge >= 0.3 is 0 Å². The van der Waals surface area contributed by atoms with Crippen LogP contribution in [-0.4, -0.2) is 58.6 Å². The van der Waals surface area contributed by atoms with Crippen LogP contribution in [0, 0.1) is 0 Å². The van der Waals surface area contributed by atoms with E-state index in [4.69, 9.17) is 0 Å². The molecule has 2 unspecified atom stereocenters. The summed E-state index contributed by atoms with van der Waals surface area (Å²) in [5.41, 5.74) is 4.39. The number of carbonyl (C=O) groups excluding carboxylic acids is 4. The van der Waals surface area contributed by atoms with E-state index in [1.807, 2.05) is 91.9 Å². The van der Waals surface area contributed by atoms with Crippen molar-refractivity contribution in [3.05, 3.63) is 96.6 Å². The van der Waals surface area contributed by atoms with E-state index in [0.29, 0.717) is 50.1 Å². The van der Waals surface area contributed by atoms with E-state index in [2.05, 4.69) is 16.7 Å². The highest BCUT2D eigenvalue weighted by atomic mass is 16.2. The van der Waals surface area contributed by atoms with Crippen molar-refractivity contribution in [3.63, 3.8) is 0 Å². The maximum Gasteiger partial charge on any atom is 0.247 e. The van der Waals surface area contributed by atoms with Crippen LogP contribution in [0.5, 0.6) is 0 Å². The minimum Gasteiger partial charge on any atom is -0.331 e. The van der Waals surface area contributed by atoms with Gasteiger partial charge in [0.15, 0.2) is 0 Å². The molecule has 0 spiro atoms. The molecule has 2 fully saturated rings. The largest absolute Gasteiger partial charge is 0.331 e. The molecule has 4 amide bonds. The Balaban J connectivity index is 1.08. The molecule has 2 atom stereocenters. The Hall–Kier alpha value is -4.98. The lowest BCUT2D eigenvalue weighted by atomic mass is 10.0. The number of anilines is 2. The lowest BCUT2D eigenvalue weighted by Crippen LogP contribution is -2.43. The van der Waals surface area contributed by atoms with Crippen LogP contribution in [0.4, 0.5) is 11.4 Å². The Labute approximate surface area is 263 Å². The van der Waals surface area contributed by atoms with Gasteiger partial charge in [-0.25, -0.2) is 0 Å². The fourth-order valence-electron chi connectivity index (χ4n) is 6.45. The van der Waals surface area contributed by atoms with E-state index in [0.717, 1.165) is 40.3 Å². The maximum absolute atomic E-state index is 13.2. The summed E-state index contributed by atoms with van der Waals surface area (Å²) in [4.78, 5) is 54.7. The van der Waals surface area contributed by atoms with Crippen LogP contribution in [0.2, 0.25) is 0 Å². The molecule has 230 valence electrons. The molecule has 2 aliphatic heterocycles. The van der Waals surface area contributed by atoms with Gasteiger partial charge in [-0.1, -0.05) is 67.6 Å². The van der Waals surface area contributed by atoms with Gasteiger partial charge in [-0.3, -0.25) is 19.2 Å². The number of rotatable bonds is 8. The first-order valence-electron chi connectivity index (χ1n) is 15.8. The first kappa shape index (κ1) is 30.1. The molecule has 2 saturated heterocycles. The third-order valence-electron chi connectivity index (χ3n) is 8.85. The number of benzene rings is 4. The molecule has 6 rings (SSSR count). The van der Waals surface area contributed by atoms with Crippen molar-refractivity contribution in [1.29, 1.82) is 0 Å². The summed E-state index contributed by atoms with van der Waals surface area (Å²) >= 11 is 0. The minimum atomic E-state index is -0.469. The zero-order valence-corrected chi connectivity index (χ0v) is 25.5. The Morgan fingerprint density at radius 1 is 0.644 bits per heavy atom. The van der Waals surface area contributed by atoms with Gasteiger partial charge < -0.3 is 20.4 Å². The Morgan fingerprint density at radius 2 is 1.20 bits per heavy atom. The number of hydrogen-bond acceptors (Lipinski definition) is 4. The maximum atomic E-state index is 13.2. The quantitative estimate of drug-likeness (QED) is 0.258. The molecular formula is C37H38N4O4. The predicted octanol–water partition coefficient (Wildman–Crippen LogP) is 6.02. The lowest BCUT2D eigenvalue weighted by Gasteiger charge is -2.24. The van der Waals surface area contributed by atoms with Crippen molar-refractivity contribution in [3.8, 4) is 11.1 Å². The van der Waals surface area contributed by atoms with Crippen LogP contribution in [0.15, 0.2) is 91.0 Å². The Morgan fingerprint density at radius 3 is 1.87 bits per heavy atom. The van der Waals surface area contributed by atoms with E-state index in [1.165, 1.54) is 0 Å². The summed E-state index contributed by atoms with van der Waals surface area (Å²) in [6.07, 6.45) is 3.69. The van der Waals surface area contributed by atoms with E-state index in [9.17, 15) is 19.2 Å². The highest BCUT2D eigenvalue weighted by Crippen LogP contribution is 2.29. The zero-order valence-electron chi connectivity index (χ0n) is 25.5. The second-order valence-electron chi connectivity index (χ2n) is 11.8. The number of hydrogen-bond donors (Lipinski definition) is 2.